The summed E-state index contributed by atoms with van der Waals surface area (Å²) < 4.78 is 12.5. The third-order valence-corrected chi connectivity index (χ3v) is 7.80. The maximum absolute atomic E-state index is 13.3. The van der Waals surface area contributed by atoms with Crippen LogP contribution in [-0.2, 0) is 17.6 Å². The molecule has 5 rings (SSSR count). The first-order valence-electron chi connectivity index (χ1n) is 14.9. The van der Waals surface area contributed by atoms with Crippen LogP contribution in [0, 0.1) is 0 Å². The minimum Gasteiger partial charge on any atom is -0.493 e. The maximum Gasteiger partial charge on any atom is 0.326 e. The molecule has 0 bridgehead atoms. The van der Waals surface area contributed by atoms with Gasteiger partial charge in [-0.05, 0) is 84.0 Å². The van der Waals surface area contributed by atoms with Gasteiger partial charge in [-0.1, -0.05) is 101 Å². The zero-order valence-corrected chi connectivity index (χ0v) is 26.3. The number of hydrogen-bond acceptors (Lipinski definition) is 4. The molecule has 0 fully saturated rings. The summed E-state index contributed by atoms with van der Waals surface area (Å²) in [6, 6.07) is 39.4. The normalized spacial score (nSPS) is 11.4. The number of hydrogen-bond donors (Lipinski definition) is 2. The number of ether oxygens (including phenoxy) is 2. The first kappa shape index (κ1) is 31.5. The van der Waals surface area contributed by atoms with E-state index in [1.165, 1.54) is 5.56 Å². The predicted molar refractivity (Wildman–Crippen MR) is 180 cm³/mol. The first-order valence-corrected chi connectivity index (χ1v) is 15.7. The van der Waals surface area contributed by atoms with E-state index in [2.05, 4.69) is 33.4 Å². The van der Waals surface area contributed by atoms with Gasteiger partial charge < -0.3 is 19.9 Å². The van der Waals surface area contributed by atoms with E-state index < -0.39 is 17.9 Å². The number of carbonyl (C=O) groups excluding carboxylic acids is 1. The van der Waals surface area contributed by atoms with Crippen molar-refractivity contribution in [1.29, 1.82) is 0 Å². The average Bonchev–Trinajstić information content (AvgIpc) is 3.06. The molecule has 1 amide bonds. The van der Waals surface area contributed by atoms with Crippen LogP contribution in [0.2, 0.25) is 0 Å². The van der Waals surface area contributed by atoms with Gasteiger partial charge in [0.25, 0.3) is 5.91 Å². The van der Waals surface area contributed by atoms with Crippen molar-refractivity contribution < 1.29 is 24.2 Å². The number of rotatable bonds is 14. The second-order valence-corrected chi connectivity index (χ2v) is 11.6. The van der Waals surface area contributed by atoms with Crippen molar-refractivity contribution in [2.45, 2.75) is 31.7 Å². The van der Waals surface area contributed by atoms with Gasteiger partial charge in [-0.25, -0.2) is 4.79 Å². The van der Waals surface area contributed by atoms with Gasteiger partial charge in [0.2, 0.25) is 0 Å². The molecule has 7 heteroatoms. The van der Waals surface area contributed by atoms with Crippen LogP contribution < -0.4 is 14.8 Å². The van der Waals surface area contributed by atoms with Crippen LogP contribution in [0.15, 0.2) is 132 Å². The Morgan fingerprint density at radius 2 is 1.33 bits per heavy atom. The Bertz CT molecular complexity index is 1690. The number of carbonyl (C=O) groups is 2. The highest BCUT2D eigenvalue weighted by Gasteiger charge is 2.23. The lowest BCUT2D eigenvalue weighted by Crippen LogP contribution is -2.42. The van der Waals surface area contributed by atoms with Crippen molar-refractivity contribution in [1.82, 2.24) is 5.32 Å². The molecule has 6 nitrogen and oxygen atoms in total. The molecular formula is C38H34BrNO5. The van der Waals surface area contributed by atoms with Gasteiger partial charge in [0.15, 0.2) is 0 Å². The first-order chi connectivity index (χ1) is 21.9. The van der Waals surface area contributed by atoms with Gasteiger partial charge in [-0.3, -0.25) is 4.79 Å². The van der Waals surface area contributed by atoms with Crippen molar-refractivity contribution in [3.05, 3.63) is 149 Å². The largest absolute Gasteiger partial charge is 0.493 e. The third kappa shape index (κ3) is 9.30. The average molecular weight is 665 g/mol. The number of amides is 1. The van der Waals surface area contributed by atoms with Gasteiger partial charge in [0, 0.05) is 10.9 Å². The zero-order valence-electron chi connectivity index (χ0n) is 24.7. The quantitative estimate of drug-likeness (QED) is 0.116. The number of carboxylic acid groups (broad SMARTS) is 1. The number of aryl methyl sites for hydroxylation is 1. The van der Waals surface area contributed by atoms with Crippen LogP contribution in [-0.4, -0.2) is 29.6 Å². The highest BCUT2D eigenvalue weighted by atomic mass is 79.9. The molecule has 0 radical (unpaired) electrons. The molecule has 228 valence electrons. The standard InChI is InChI=1S/C38H34BrNO5/c39-31-20-23-36(44-24-8-7-11-27-9-3-1-4-10-27)34(26-31)37(41)40-35(38(42)43)25-28-14-16-29(17-15-28)30-18-21-33(22-19-30)45-32-12-5-2-6-13-32/h1-6,9-10,12-23,26,35H,7-8,11,24-25H2,(H,40,41)(H,42,43). The molecule has 0 aliphatic rings. The molecule has 0 saturated heterocycles. The molecule has 45 heavy (non-hydrogen) atoms. The van der Waals surface area contributed by atoms with Gasteiger partial charge >= 0.3 is 5.97 Å². The van der Waals surface area contributed by atoms with E-state index in [1.54, 1.807) is 18.2 Å². The summed E-state index contributed by atoms with van der Waals surface area (Å²) in [7, 11) is 0. The highest BCUT2D eigenvalue weighted by molar-refractivity contribution is 9.10. The number of unbranched alkanes of at least 4 members (excludes halogenated alkanes) is 1. The molecule has 0 aliphatic carbocycles. The van der Waals surface area contributed by atoms with Crippen LogP contribution in [0.5, 0.6) is 17.2 Å². The van der Waals surface area contributed by atoms with Gasteiger partial charge in [0.1, 0.15) is 23.3 Å². The van der Waals surface area contributed by atoms with Crippen LogP contribution in [0.25, 0.3) is 11.1 Å². The highest BCUT2D eigenvalue weighted by Crippen LogP contribution is 2.27. The number of nitrogens with one attached hydrogen (secondary N) is 1. The molecule has 5 aromatic carbocycles. The molecule has 1 unspecified atom stereocenters. The molecule has 0 aromatic heterocycles. The molecular weight excluding hydrogens is 630 g/mol. The third-order valence-electron chi connectivity index (χ3n) is 7.31. The lowest BCUT2D eigenvalue weighted by atomic mass is 10.0. The van der Waals surface area contributed by atoms with Crippen LogP contribution in [0.1, 0.15) is 34.3 Å². The molecule has 1 atom stereocenters. The summed E-state index contributed by atoms with van der Waals surface area (Å²) in [5.41, 5.74) is 4.35. The van der Waals surface area contributed by atoms with Gasteiger partial charge in [-0.2, -0.15) is 0 Å². The Kier molecular flexibility index (Phi) is 11.0. The van der Waals surface area contributed by atoms with Gasteiger partial charge in [-0.15, -0.1) is 0 Å². The Balaban J connectivity index is 1.17. The van der Waals surface area contributed by atoms with E-state index in [1.807, 2.05) is 97.1 Å². The fourth-order valence-corrected chi connectivity index (χ4v) is 5.27. The minimum absolute atomic E-state index is 0.134. The van der Waals surface area contributed by atoms with E-state index in [0.29, 0.717) is 16.8 Å². The van der Waals surface area contributed by atoms with Crippen molar-refractivity contribution in [3.8, 4) is 28.4 Å². The zero-order chi connectivity index (χ0) is 31.4. The van der Waals surface area contributed by atoms with E-state index >= 15 is 0 Å². The maximum atomic E-state index is 13.3. The van der Waals surface area contributed by atoms with Crippen LogP contribution in [0.4, 0.5) is 0 Å². The summed E-state index contributed by atoms with van der Waals surface area (Å²) in [6.45, 7) is 0.451. The number of halogens is 1. The van der Waals surface area contributed by atoms with E-state index in [4.69, 9.17) is 9.47 Å². The van der Waals surface area contributed by atoms with Crippen molar-refractivity contribution in [2.75, 3.05) is 6.61 Å². The van der Waals surface area contributed by atoms with E-state index in [9.17, 15) is 14.7 Å². The summed E-state index contributed by atoms with van der Waals surface area (Å²) in [5.74, 6) is 0.317. The smallest absolute Gasteiger partial charge is 0.326 e. The topological polar surface area (TPSA) is 84.9 Å². The molecule has 0 spiro atoms. The van der Waals surface area contributed by atoms with Crippen molar-refractivity contribution in [2.24, 2.45) is 0 Å². The summed E-state index contributed by atoms with van der Waals surface area (Å²) in [5, 5.41) is 12.6. The Morgan fingerprint density at radius 3 is 2.00 bits per heavy atom. The van der Waals surface area contributed by atoms with E-state index in [-0.39, 0.29) is 12.0 Å². The van der Waals surface area contributed by atoms with Crippen molar-refractivity contribution >= 4 is 27.8 Å². The fourth-order valence-electron chi connectivity index (χ4n) is 4.91. The summed E-state index contributed by atoms with van der Waals surface area (Å²) >= 11 is 3.42. The fraction of sp³-hybridized carbons (Fsp3) is 0.158. The Morgan fingerprint density at radius 1 is 0.711 bits per heavy atom. The monoisotopic (exact) mass is 663 g/mol. The van der Waals surface area contributed by atoms with Crippen LogP contribution >= 0.6 is 15.9 Å². The second kappa shape index (κ2) is 15.7. The number of para-hydroxylation sites is 1. The SMILES string of the molecule is O=C(NC(Cc1ccc(-c2ccc(Oc3ccccc3)cc2)cc1)C(=O)O)c1cc(Br)ccc1OCCCCc1ccccc1. The lowest BCUT2D eigenvalue weighted by molar-refractivity contribution is -0.139. The predicted octanol–water partition coefficient (Wildman–Crippen LogP) is 8.74. The number of carboxylic acids is 1. The number of benzene rings is 5. The molecule has 0 aliphatic heterocycles. The summed E-state index contributed by atoms with van der Waals surface area (Å²) in [6.07, 6.45) is 2.87. The van der Waals surface area contributed by atoms with Crippen molar-refractivity contribution in [3.63, 3.8) is 0 Å². The van der Waals surface area contributed by atoms with Crippen LogP contribution in [0.3, 0.4) is 0 Å². The molecule has 0 saturated carbocycles. The lowest BCUT2D eigenvalue weighted by Gasteiger charge is -2.17. The minimum atomic E-state index is -1.12. The second-order valence-electron chi connectivity index (χ2n) is 10.6. The molecule has 5 aromatic rings. The number of aliphatic carboxylic acids is 1. The van der Waals surface area contributed by atoms with E-state index in [0.717, 1.165) is 47.5 Å². The molecule has 0 heterocycles. The Labute approximate surface area is 271 Å². The summed E-state index contributed by atoms with van der Waals surface area (Å²) in [4.78, 5) is 25.5. The molecule has 2 N–H and O–H groups in total. The Hall–Kier alpha value is -4.88. The van der Waals surface area contributed by atoms with Gasteiger partial charge in [0.05, 0.1) is 12.2 Å².